The second-order valence-electron chi connectivity index (χ2n) is 3.60. The predicted molar refractivity (Wildman–Crippen MR) is 67.7 cm³/mol. The van der Waals surface area contributed by atoms with Crippen LogP contribution in [0.2, 0.25) is 10.0 Å². The first-order chi connectivity index (χ1) is 7.65. The minimum Gasteiger partial charge on any atom is -0.310 e. The van der Waals surface area contributed by atoms with Gasteiger partial charge in [-0.15, -0.1) is 0 Å². The number of halogens is 2. The third-order valence-corrected chi connectivity index (χ3v) is 2.91. The lowest BCUT2D eigenvalue weighted by atomic mass is 10.1. The topological polar surface area (TPSA) is 35.8 Å². The van der Waals surface area contributed by atoms with Crippen molar-refractivity contribution in [1.29, 1.82) is 5.26 Å². The molecule has 86 valence electrons. The van der Waals surface area contributed by atoms with E-state index in [1.807, 2.05) is 19.1 Å². The van der Waals surface area contributed by atoms with Gasteiger partial charge in [-0.25, -0.2) is 0 Å². The highest BCUT2D eigenvalue weighted by molar-refractivity contribution is 6.35. The molecule has 0 radical (unpaired) electrons. The first kappa shape index (κ1) is 13.3. The van der Waals surface area contributed by atoms with Gasteiger partial charge in [0.05, 0.1) is 6.07 Å². The monoisotopic (exact) mass is 256 g/mol. The van der Waals surface area contributed by atoms with Crippen molar-refractivity contribution in [3.8, 4) is 6.07 Å². The van der Waals surface area contributed by atoms with Crippen LogP contribution in [0.5, 0.6) is 0 Å². The van der Waals surface area contributed by atoms with E-state index in [-0.39, 0.29) is 6.04 Å². The number of rotatable bonds is 5. The Morgan fingerprint density at radius 1 is 1.44 bits per heavy atom. The molecule has 4 heteroatoms. The molecule has 1 unspecified atom stereocenters. The number of nitriles is 1. The zero-order chi connectivity index (χ0) is 12.0. The Labute approximate surface area is 106 Å². The van der Waals surface area contributed by atoms with E-state index >= 15 is 0 Å². The molecular formula is C12H14Cl2N2. The summed E-state index contributed by atoms with van der Waals surface area (Å²) in [6, 6.07) is 7.78. The van der Waals surface area contributed by atoms with Crippen molar-refractivity contribution >= 4 is 23.2 Å². The summed E-state index contributed by atoms with van der Waals surface area (Å²) in [4.78, 5) is 0. The van der Waals surface area contributed by atoms with Crippen molar-refractivity contribution in [3.05, 3.63) is 33.8 Å². The van der Waals surface area contributed by atoms with Gasteiger partial charge in [0.15, 0.2) is 0 Å². The molecule has 1 rings (SSSR count). The van der Waals surface area contributed by atoms with Gasteiger partial charge < -0.3 is 5.32 Å². The molecule has 0 saturated carbocycles. The van der Waals surface area contributed by atoms with Gasteiger partial charge in [-0.2, -0.15) is 5.26 Å². The number of benzene rings is 1. The van der Waals surface area contributed by atoms with E-state index in [0.717, 1.165) is 18.5 Å². The highest BCUT2D eigenvalue weighted by atomic mass is 35.5. The molecule has 0 fully saturated rings. The molecule has 16 heavy (non-hydrogen) atoms. The maximum absolute atomic E-state index is 8.41. The van der Waals surface area contributed by atoms with Gasteiger partial charge in [-0.05, 0) is 37.6 Å². The first-order valence-corrected chi connectivity index (χ1v) is 5.96. The van der Waals surface area contributed by atoms with Crippen LogP contribution in [0.15, 0.2) is 18.2 Å². The van der Waals surface area contributed by atoms with Crippen LogP contribution in [-0.4, -0.2) is 6.54 Å². The minimum absolute atomic E-state index is 0.170. The molecule has 0 aliphatic carbocycles. The molecule has 1 atom stereocenters. The summed E-state index contributed by atoms with van der Waals surface area (Å²) in [7, 11) is 0. The van der Waals surface area contributed by atoms with Crippen molar-refractivity contribution in [1.82, 2.24) is 5.32 Å². The average molecular weight is 257 g/mol. The summed E-state index contributed by atoms with van der Waals surface area (Å²) < 4.78 is 0. The molecule has 0 bridgehead atoms. The highest BCUT2D eigenvalue weighted by Crippen LogP contribution is 2.25. The van der Waals surface area contributed by atoms with Crippen molar-refractivity contribution in [2.24, 2.45) is 0 Å². The van der Waals surface area contributed by atoms with E-state index in [1.165, 1.54) is 0 Å². The van der Waals surface area contributed by atoms with E-state index in [9.17, 15) is 0 Å². The number of unbranched alkanes of at least 4 members (excludes halogenated alkanes) is 1. The highest BCUT2D eigenvalue weighted by Gasteiger charge is 2.08. The molecule has 1 aromatic rings. The van der Waals surface area contributed by atoms with Crippen molar-refractivity contribution in [2.75, 3.05) is 6.54 Å². The first-order valence-electron chi connectivity index (χ1n) is 5.20. The van der Waals surface area contributed by atoms with Crippen LogP contribution in [0.1, 0.15) is 31.4 Å². The van der Waals surface area contributed by atoms with Gasteiger partial charge >= 0.3 is 0 Å². The Balaban J connectivity index is 2.53. The third kappa shape index (κ3) is 4.02. The molecule has 0 amide bonds. The van der Waals surface area contributed by atoms with Crippen LogP contribution in [-0.2, 0) is 0 Å². The van der Waals surface area contributed by atoms with Gasteiger partial charge in [0, 0.05) is 22.5 Å². The number of nitrogens with zero attached hydrogens (tertiary/aromatic N) is 1. The molecule has 0 aliphatic heterocycles. The fourth-order valence-corrected chi connectivity index (χ4v) is 2.02. The molecule has 0 aromatic heterocycles. The summed E-state index contributed by atoms with van der Waals surface area (Å²) >= 11 is 11.9. The zero-order valence-electron chi connectivity index (χ0n) is 9.13. The molecule has 2 nitrogen and oxygen atoms in total. The number of nitrogens with one attached hydrogen (secondary N) is 1. The third-order valence-electron chi connectivity index (χ3n) is 2.34. The lowest BCUT2D eigenvalue weighted by Crippen LogP contribution is -2.20. The number of hydrogen-bond donors (Lipinski definition) is 1. The zero-order valence-corrected chi connectivity index (χ0v) is 10.6. The predicted octanol–water partition coefficient (Wildman–Crippen LogP) is 3.95. The Kier molecular flexibility index (Phi) is 5.62. The maximum Gasteiger partial charge on any atom is 0.0622 e. The van der Waals surface area contributed by atoms with Crippen molar-refractivity contribution < 1.29 is 0 Å². The summed E-state index contributed by atoms with van der Waals surface area (Å²) in [5.41, 5.74) is 1.03. The van der Waals surface area contributed by atoms with Crippen LogP contribution < -0.4 is 5.32 Å². The lowest BCUT2D eigenvalue weighted by Gasteiger charge is -2.15. The minimum atomic E-state index is 0.170. The number of hydrogen-bond acceptors (Lipinski definition) is 2. The standard InChI is InChI=1S/C12H14Cl2N2/c1-9(16-7-3-2-6-15)11-5-4-10(13)8-12(11)14/h4-5,8-9,16H,2-3,7H2,1H3. The molecule has 0 spiro atoms. The second-order valence-corrected chi connectivity index (χ2v) is 4.45. The quantitative estimate of drug-likeness (QED) is 0.811. The molecule has 1 N–H and O–H groups in total. The SMILES string of the molecule is CC(NCCCC#N)c1ccc(Cl)cc1Cl. The smallest absolute Gasteiger partial charge is 0.0622 e. The van der Waals surface area contributed by atoms with Gasteiger partial charge in [-0.1, -0.05) is 29.3 Å². The van der Waals surface area contributed by atoms with Crippen LogP contribution in [0.3, 0.4) is 0 Å². The molecule has 0 saturated heterocycles. The van der Waals surface area contributed by atoms with Gasteiger partial charge in [0.2, 0.25) is 0 Å². The van der Waals surface area contributed by atoms with E-state index in [2.05, 4.69) is 11.4 Å². The second kappa shape index (κ2) is 6.75. The maximum atomic E-state index is 8.41. The van der Waals surface area contributed by atoms with Crippen LogP contribution in [0.4, 0.5) is 0 Å². The van der Waals surface area contributed by atoms with E-state index < -0.39 is 0 Å². The van der Waals surface area contributed by atoms with E-state index in [1.54, 1.807) is 6.07 Å². The Hall–Kier alpha value is -0.750. The summed E-state index contributed by atoms with van der Waals surface area (Å²) in [5.74, 6) is 0. The summed E-state index contributed by atoms with van der Waals surface area (Å²) in [5, 5.41) is 13.0. The van der Waals surface area contributed by atoms with Crippen molar-refractivity contribution in [2.45, 2.75) is 25.8 Å². The molecule has 0 aliphatic rings. The largest absolute Gasteiger partial charge is 0.310 e. The normalized spacial score (nSPS) is 12.1. The Morgan fingerprint density at radius 2 is 2.19 bits per heavy atom. The summed E-state index contributed by atoms with van der Waals surface area (Å²) in [6.45, 7) is 2.86. The van der Waals surface area contributed by atoms with Gasteiger partial charge in [0.25, 0.3) is 0 Å². The summed E-state index contributed by atoms with van der Waals surface area (Å²) in [6.07, 6.45) is 1.43. The Morgan fingerprint density at radius 3 is 2.81 bits per heavy atom. The fourth-order valence-electron chi connectivity index (χ4n) is 1.45. The van der Waals surface area contributed by atoms with Gasteiger partial charge in [0.1, 0.15) is 0 Å². The van der Waals surface area contributed by atoms with Crippen LogP contribution >= 0.6 is 23.2 Å². The lowest BCUT2D eigenvalue weighted by molar-refractivity contribution is 0.562. The Bertz CT molecular complexity index is 385. The van der Waals surface area contributed by atoms with Crippen LogP contribution in [0, 0.1) is 11.3 Å². The fraction of sp³-hybridized carbons (Fsp3) is 0.417. The molecule has 1 aromatic carbocycles. The average Bonchev–Trinajstić information content (AvgIpc) is 2.24. The van der Waals surface area contributed by atoms with Crippen molar-refractivity contribution in [3.63, 3.8) is 0 Å². The van der Waals surface area contributed by atoms with Gasteiger partial charge in [-0.3, -0.25) is 0 Å². The van der Waals surface area contributed by atoms with E-state index in [0.29, 0.717) is 16.5 Å². The molecular weight excluding hydrogens is 243 g/mol. The van der Waals surface area contributed by atoms with Crippen LogP contribution in [0.25, 0.3) is 0 Å². The molecule has 0 heterocycles. The van der Waals surface area contributed by atoms with E-state index in [4.69, 9.17) is 28.5 Å².